The van der Waals surface area contributed by atoms with E-state index in [0.717, 1.165) is 0 Å². The van der Waals surface area contributed by atoms with Crippen molar-refractivity contribution in [3.05, 3.63) is 59.7 Å². The summed E-state index contributed by atoms with van der Waals surface area (Å²) in [5.74, 6) is -3.84. The van der Waals surface area contributed by atoms with Crippen LogP contribution in [0.15, 0.2) is 48.5 Å². The Balaban J connectivity index is 2.19. The minimum atomic E-state index is -1.33. The number of likely N-dealkylation sites (N-methyl/N-ethyl adjacent to an activating group) is 4. The molecule has 16 heteroatoms. The fourth-order valence-electron chi connectivity index (χ4n) is 8.51. The number of anilines is 2. The molecule has 68 heavy (non-hydrogen) atoms. The Kier molecular flexibility index (Phi) is 22.3. The van der Waals surface area contributed by atoms with Crippen molar-refractivity contribution in [1.82, 2.24) is 19.6 Å². The van der Waals surface area contributed by atoms with E-state index in [9.17, 15) is 28.8 Å². The minimum absolute atomic E-state index is 0.00359. The zero-order valence-corrected chi connectivity index (χ0v) is 43.2. The number of benzene rings is 2. The summed E-state index contributed by atoms with van der Waals surface area (Å²) in [6.07, 6.45) is -2.99. The first-order chi connectivity index (χ1) is 31.8. The lowest BCUT2D eigenvalue weighted by atomic mass is 10.00. The van der Waals surface area contributed by atoms with Gasteiger partial charge in [0.1, 0.15) is 36.4 Å². The molecule has 0 aliphatic carbocycles. The van der Waals surface area contributed by atoms with Gasteiger partial charge >= 0.3 is 23.9 Å². The fourth-order valence-corrected chi connectivity index (χ4v) is 8.51. The fraction of sp³-hybridized carbons (Fsp3) is 0.654. The molecule has 16 nitrogen and oxygen atoms in total. The molecule has 1 aliphatic heterocycles. The van der Waals surface area contributed by atoms with E-state index in [1.165, 1.54) is 23.9 Å². The van der Waals surface area contributed by atoms with Crippen LogP contribution >= 0.6 is 0 Å². The summed E-state index contributed by atoms with van der Waals surface area (Å²) in [5, 5.41) is 0. The molecule has 0 radical (unpaired) electrons. The Bertz CT molecular complexity index is 1820. The van der Waals surface area contributed by atoms with Crippen LogP contribution in [0.1, 0.15) is 106 Å². The van der Waals surface area contributed by atoms with Crippen molar-refractivity contribution >= 4 is 47.1 Å². The van der Waals surface area contributed by atoms with E-state index in [4.69, 9.17) is 30.4 Å². The molecule has 2 amide bonds. The molecule has 1 saturated heterocycles. The number of nitrogens with zero attached hydrogens (tertiary/aromatic N) is 4. The van der Waals surface area contributed by atoms with E-state index < -0.39 is 84.3 Å². The molecule has 1 aliphatic rings. The summed E-state index contributed by atoms with van der Waals surface area (Å²) in [6, 6.07) is 10.0. The maximum atomic E-state index is 14.7. The van der Waals surface area contributed by atoms with Gasteiger partial charge < -0.3 is 40.2 Å². The van der Waals surface area contributed by atoms with Crippen molar-refractivity contribution in [1.29, 1.82) is 0 Å². The van der Waals surface area contributed by atoms with E-state index >= 15 is 0 Å². The molecule has 3 rings (SSSR count). The minimum Gasteiger partial charge on any atom is -0.460 e. The highest BCUT2D eigenvalue weighted by Gasteiger charge is 2.40. The second kappa shape index (κ2) is 26.5. The first-order valence-electron chi connectivity index (χ1n) is 24.2. The number of cyclic esters (lactones) is 4. The molecule has 0 aromatic heterocycles. The van der Waals surface area contributed by atoms with Crippen molar-refractivity contribution < 1.29 is 47.7 Å². The van der Waals surface area contributed by atoms with E-state index in [1.807, 2.05) is 55.4 Å². The summed E-state index contributed by atoms with van der Waals surface area (Å²) < 4.78 is 24.6. The van der Waals surface area contributed by atoms with Crippen LogP contribution in [-0.2, 0) is 60.6 Å². The van der Waals surface area contributed by atoms with Crippen molar-refractivity contribution in [2.45, 2.75) is 156 Å². The molecule has 8 unspecified atom stereocenters. The van der Waals surface area contributed by atoms with Crippen LogP contribution in [0.5, 0.6) is 0 Å². The first-order valence-corrected chi connectivity index (χ1v) is 24.2. The van der Waals surface area contributed by atoms with E-state index in [1.54, 1.807) is 86.3 Å². The smallest absolute Gasteiger partial charge is 0.329 e. The average Bonchev–Trinajstić information content (AvgIpc) is 3.24. The highest BCUT2D eigenvalue weighted by Crippen LogP contribution is 2.24. The molecule has 380 valence electrons. The monoisotopic (exact) mass is 951 g/mol. The highest BCUT2D eigenvalue weighted by atomic mass is 16.6. The third kappa shape index (κ3) is 17.7. The van der Waals surface area contributed by atoms with Crippen molar-refractivity contribution in [2.75, 3.05) is 52.7 Å². The number of ether oxygens (including phenoxy) is 4. The van der Waals surface area contributed by atoms with Crippen LogP contribution in [-0.4, -0.2) is 145 Å². The second-order valence-electron chi connectivity index (χ2n) is 20.6. The maximum absolute atomic E-state index is 14.7. The van der Waals surface area contributed by atoms with E-state index in [2.05, 4.69) is 0 Å². The van der Waals surface area contributed by atoms with Crippen molar-refractivity contribution in [3.63, 3.8) is 0 Å². The number of hydrogen-bond donors (Lipinski definition) is 2. The van der Waals surface area contributed by atoms with Gasteiger partial charge in [-0.25, -0.2) is 9.59 Å². The predicted molar refractivity (Wildman–Crippen MR) is 264 cm³/mol. The lowest BCUT2D eigenvalue weighted by molar-refractivity contribution is -0.171. The van der Waals surface area contributed by atoms with Crippen LogP contribution in [0.3, 0.4) is 0 Å². The van der Waals surface area contributed by atoms with Crippen LogP contribution < -0.4 is 11.5 Å². The lowest BCUT2D eigenvalue weighted by Crippen LogP contribution is -2.53. The average molecular weight is 951 g/mol. The maximum Gasteiger partial charge on any atom is 0.329 e. The second-order valence-corrected chi connectivity index (χ2v) is 20.6. The van der Waals surface area contributed by atoms with E-state index in [0.29, 0.717) is 35.3 Å². The number of esters is 4. The van der Waals surface area contributed by atoms with Crippen molar-refractivity contribution in [3.8, 4) is 0 Å². The number of carbonyl (C=O) groups is 6. The largest absolute Gasteiger partial charge is 0.460 e. The van der Waals surface area contributed by atoms with Crippen molar-refractivity contribution in [2.24, 2.45) is 23.7 Å². The molecule has 8 atom stereocenters. The normalized spacial score (nSPS) is 25.7. The Morgan fingerprint density at radius 2 is 0.721 bits per heavy atom. The number of nitrogens with two attached hydrogens (primary N) is 2. The molecule has 0 spiro atoms. The number of carbonyl (C=O) groups excluding carboxylic acids is 6. The Morgan fingerprint density at radius 3 is 1.00 bits per heavy atom. The van der Waals surface area contributed by atoms with Gasteiger partial charge in [0.25, 0.3) is 11.8 Å². The first kappa shape index (κ1) is 57.1. The Labute approximate surface area is 405 Å². The summed E-state index contributed by atoms with van der Waals surface area (Å²) in [4.78, 5) is 92.9. The third-order valence-corrected chi connectivity index (χ3v) is 12.2. The zero-order valence-electron chi connectivity index (χ0n) is 43.2. The Morgan fingerprint density at radius 1 is 0.456 bits per heavy atom. The summed E-state index contributed by atoms with van der Waals surface area (Å²) in [5.41, 5.74) is 14.4. The van der Waals surface area contributed by atoms with Gasteiger partial charge in [-0.15, -0.1) is 0 Å². The molecule has 1 fully saturated rings. The van der Waals surface area contributed by atoms with Gasteiger partial charge in [0.15, 0.2) is 12.2 Å². The molecular formula is C52H82N6O10. The lowest BCUT2D eigenvalue weighted by Gasteiger charge is -2.35. The molecule has 0 saturated carbocycles. The predicted octanol–water partition coefficient (Wildman–Crippen LogP) is 5.78. The van der Waals surface area contributed by atoms with Gasteiger partial charge in [-0.2, -0.15) is 0 Å². The van der Waals surface area contributed by atoms with Crippen LogP contribution in [0.25, 0.3) is 0 Å². The molecule has 1 heterocycles. The van der Waals surface area contributed by atoms with Crippen LogP contribution in [0, 0.1) is 23.7 Å². The number of nitrogen functional groups attached to an aromatic ring is 2. The molecular weight excluding hydrogens is 869 g/mol. The summed E-state index contributed by atoms with van der Waals surface area (Å²) >= 11 is 0. The van der Waals surface area contributed by atoms with Gasteiger partial charge in [0.05, 0.1) is 0 Å². The highest BCUT2D eigenvalue weighted by molar-refractivity contribution is 5.90. The van der Waals surface area contributed by atoms with Crippen LogP contribution in [0.2, 0.25) is 0 Å². The molecule has 0 bridgehead atoms. The standard InChI is InChI=1S/C52H82N6O10/c1-31(2)23-41-49(61)67-45(27-37-15-19-39(53)20-16-37)47(59)57(13)44(26-34(7)8)52(64)66-36(10)30-56(12)42(24-32(3)4)50(62)68-46(28-38-17-21-40(54)22-18-38)48(60)58(14)43(25-33(5)6)51(63)65-35(9)29-55(41)11/h15-22,31-36,41-46H,23-30,53-54H2,1-14H3. The quantitative estimate of drug-likeness (QED) is 0.147. The summed E-state index contributed by atoms with van der Waals surface area (Å²) in [7, 11) is 6.47. The number of amides is 2. The molecule has 2 aromatic carbocycles. The van der Waals surface area contributed by atoms with Gasteiger partial charge in [0, 0.05) is 51.4 Å². The Hall–Kier alpha value is -5.22. The number of rotatable bonds is 12. The van der Waals surface area contributed by atoms with Gasteiger partial charge in [-0.05, 0) is 113 Å². The van der Waals surface area contributed by atoms with E-state index in [-0.39, 0.29) is 62.4 Å². The number of hydrogen-bond acceptors (Lipinski definition) is 14. The van der Waals surface area contributed by atoms with Gasteiger partial charge in [-0.3, -0.25) is 29.0 Å². The SMILES string of the molecule is CC(C)CC1C(=O)OC(Cc2ccc(N)cc2)C(=O)N(C)C(CC(C)C)C(=O)OC(C)CN(C)C(CC(C)C)C(=O)OC(Cc2ccc(N)cc2)C(=O)N(C)C(CC(C)C)C(=O)OC(C)CN1C. The topological polar surface area (TPSA) is 204 Å². The van der Waals surface area contributed by atoms with Crippen LogP contribution in [0.4, 0.5) is 11.4 Å². The zero-order chi connectivity index (χ0) is 51.2. The summed E-state index contributed by atoms with van der Waals surface area (Å²) in [6.45, 7) is 19.2. The third-order valence-electron chi connectivity index (χ3n) is 12.2. The van der Waals surface area contributed by atoms with Gasteiger partial charge in [0.2, 0.25) is 0 Å². The van der Waals surface area contributed by atoms with Gasteiger partial charge in [-0.1, -0.05) is 79.7 Å². The molecule has 4 N–H and O–H groups in total. The molecule has 2 aromatic rings.